The summed E-state index contributed by atoms with van der Waals surface area (Å²) in [5.41, 5.74) is 2.94. The summed E-state index contributed by atoms with van der Waals surface area (Å²) in [5, 5.41) is 5.34. The van der Waals surface area contributed by atoms with E-state index in [2.05, 4.69) is 67.4 Å². The molecule has 0 spiro atoms. The quantitative estimate of drug-likeness (QED) is 0.206. The lowest BCUT2D eigenvalue weighted by molar-refractivity contribution is 0.0599. The van der Waals surface area contributed by atoms with Crippen molar-refractivity contribution >= 4 is 36.9 Å². The first kappa shape index (κ1) is 24.9. The van der Waals surface area contributed by atoms with Crippen LogP contribution in [0.15, 0.2) is 10.9 Å². The molecule has 3 aromatic rings. The van der Waals surface area contributed by atoms with E-state index >= 15 is 0 Å². The minimum Gasteiger partial charge on any atom is -0.465 e. The van der Waals surface area contributed by atoms with Crippen molar-refractivity contribution in [1.29, 1.82) is 0 Å². The molecule has 0 aliphatic heterocycles. The largest absolute Gasteiger partial charge is 0.465 e. The minimum absolute atomic E-state index is 0.0313. The number of aromatic nitrogens is 4. The molecule has 34 heavy (non-hydrogen) atoms. The van der Waals surface area contributed by atoms with Crippen LogP contribution >= 0.6 is 11.6 Å². The van der Waals surface area contributed by atoms with Crippen molar-refractivity contribution in [1.82, 2.24) is 19.7 Å². The van der Waals surface area contributed by atoms with Crippen LogP contribution in [0.1, 0.15) is 81.2 Å². The Morgan fingerprint density at radius 2 is 1.97 bits per heavy atom. The van der Waals surface area contributed by atoms with Crippen molar-refractivity contribution in [3.05, 3.63) is 28.5 Å². The maximum Gasteiger partial charge on any atom is 0.343 e. The van der Waals surface area contributed by atoms with Gasteiger partial charge in [0.2, 0.25) is 0 Å². The molecule has 10 heteroatoms. The van der Waals surface area contributed by atoms with E-state index in [0.717, 1.165) is 18.5 Å². The molecule has 0 amide bonds. The van der Waals surface area contributed by atoms with E-state index < -0.39 is 14.3 Å². The lowest BCUT2D eigenvalue weighted by Crippen LogP contribution is -2.40. The minimum atomic E-state index is -2.09. The van der Waals surface area contributed by atoms with Gasteiger partial charge >= 0.3 is 5.97 Å². The number of rotatable bonds is 7. The summed E-state index contributed by atoms with van der Waals surface area (Å²) in [6.45, 7) is 15.5. The summed E-state index contributed by atoms with van der Waals surface area (Å²) in [6, 6.07) is 0.0524. The molecule has 4 rings (SSSR count). The normalized spacial score (nSPS) is 14.9. The molecule has 3 aromatic heterocycles. The fraction of sp³-hybridized carbons (Fsp3) is 0.583. The zero-order valence-electron chi connectivity index (χ0n) is 21.2. The first-order chi connectivity index (χ1) is 15.9. The molecule has 0 saturated heterocycles. The fourth-order valence-electron chi connectivity index (χ4n) is 3.96. The smallest absolute Gasteiger partial charge is 0.343 e. The molecular weight excluding hydrogens is 472 g/mol. The van der Waals surface area contributed by atoms with E-state index in [4.69, 9.17) is 25.3 Å². The molecule has 0 N–H and O–H groups in total. The second kappa shape index (κ2) is 8.77. The molecule has 3 heterocycles. The van der Waals surface area contributed by atoms with Gasteiger partial charge in [-0.05, 0) is 44.8 Å². The van der Waals surface area contributed by atoms with Gasteiger partial charge in [-0.3, -0.25) is 0 Å². The highest BCUT2D eigenvalue weighted by molar-refractivity contribution is 6.74. The average Bonchev–Trinajstić information content (AvgIpc) is 3.41. The van der Waals surface area contributed by atoms with E-state index in [0.29, 0.717) is 45.4 Å². The molecule has 0 atom stereocenters. The number of esters is 1. The number of carbonyl (C=O) groups excluding carboxylic acids is 1. The Morgan fingerprint density at radius 1 is 1.29 bits per heavy atom. The highest BCUT2D eigenvalue weighted by Gasteiger charge is 2.40. The summed E-state index contributed by atoms with van der Waals surface area (Å²) < 4.78 is 19.6. The lowest BCUT2D eigenvalue weighted by atomic mass is 10.0. The van der Waals surface area contributed by atoms with Crippen LogP contribution in [0, 0.1) is 0 Å². The number of nitrogens with zero attached hydrogens (tertiary/aromatic N) is 4. The van der Waals surface area contributed by atoms with Crippen LogP contribution in [0.25, 0.3) is 22.3 Å². The molecule has 0 aromatic carbocycles. The first-order valence-corrected chi connectivity index (χ1v) is 14.9. The molecule has 1 saturated carbocycles. The Labute approximate surface area is 206 Å². The Balaban J connectivity index is 2.00. The molecule has 1 aliphatic carbocycles. The zero-order chi connectivity index (χ0) is 25.0. The van der Waals surface area contributed by atoms with Gasteiger partial charge in [-0.15, -0.1) is 0 Å². The third-order valence-corrected chi connectivity index (χ3v) is 11.8. The molecular formula is C24H33ClN4O4Si. The van der Waals surface area contributed by atoms with Crippen LogP contribution in [-0.4, -0.2) is 41.1 Å². The van der Waals surface area contributed by atoms with Crippen molar-refractivity contribution in [3.63, 3.8) is 0 Å². The number of halogens is 1. The molecule has 0 radical (unpaired) electrons. The van der Waals surface area contributed by atoms with Crippen molar-refractivity contribution in [2.75, 3.05) is 7.11 Å². The predicted octanol–water partition coefficient (Wildman–Crippen LogP) is 6.51. The topological polar surface area (TPSA) is 92.3 Å². The number of fused-ring (bicyclic) bond motifs is 1. The van der Waals surface area contributed by atoms with Gasteiger partial charge in [0.1, 0.15) is 28.4 Å². The number of ether oxygens (including phenoxy) is 1. The molecule has 0 bridgehead atoms. The van der Waals surface area contributed by atoms with Crippen LogP contribution in [-0.2, 0) is 15.8 Å². The maximum absolute atomic E-state index is 12.9. The predicted molar refractivity (Wildman–Crippen MR) is 134 cm³/mol. The Morgan fingerprint density at radius 3 is 2.53 bits per heavy atom. The second-order valence-corrected chi connectivity index (χ2v) is 15.9. The fourth-order valence-corrected chi connectivity index (χ4v) is 5.11. The number of hydrogen-bond donors (Lipinski definition) is 0. The van der Waals surface area contributed by atoms with Crippen LogP contribution in [0.5, 0.6) is 0 Å². The van der Waals surface area contributed by atoms with Gasteiger partial charge in [0.05, 0.1) is 24.8 Å². The SMILES string of the molecule is COC(=O)c1c(-c2c(CO[Si](C)(C)C(C)(C)C)n(C(C)C)c3ncnc(Cl)c23)noc1C1CC1. The molecule has 1 fully saturated rings. The van der Waals surface area contributed by atoms with Crippen LogP contribution in [0.4, 0.5) is 0 Å². The molecule has 184 valence electrons. The third kappa shape index (κ3) is 4.18. The van der Waals surface area contributed by atoms with Gasteiger partial charge in [0.25, 0.3) is 0 Å². The van der Waals surface area contributed by atoms with Crippen molar-refractivity contribution in [3.8, 4) is 11.3 Å². The van der Waals surface area contributed by atoms with Crippen LogP contribution in [0.2, 0.25) is 23.3 Å². The van der Waals surface area contributed by atoms with Gasteiger partial charge in [0, 0.05) is 17.5 Å². The summed E-state index contributed by atoms with van der Waals surface area (Å²) in [7, 11) is -0.729. The molecule has 0 unspecified atom stereocenters. The first-order valence-electron chi connectivity index (χ1n) is 11.6. The summed E-state index contributed by atoms with van der Waals surface area (Å²) >= 11 is 6.64. The highest BCUT2D eigenvalue weighted by Crippen LogP contribution is 2.47. The average molecular weight is 505 g/mol. The van der Waals surface area contributed by atoms with Crippen molar-refractivity contribution in [2.45, 2.75) is 84.2 Å². The van der Waals surface area contributed by atoms with Gasteiger partial charge < -0.3 is 18.3 Å². The number of methoxy groups -OCH3 is 1. The lowest BCUT2D eigenvalue weighted by Gasteiger charge is -2.36. The van der Waals surface area contributed by atoms with Gasteiger partial charge in [-0.1, -0.05) is 37.5 Å². The monoisotopic (exact) mass is 504 g/mol. The molecule has 8 nitrogen and oxygen atoms in total. The third-order valence-electron chi connectivity index (χ3n) is 7.02. The van der Waals surface area contributed by atoms with Crippen LogP contribution in [0.3, 0.4) is 0 Å². The van der Waals surface area contributed by atoms with Crippen molar-refractivity contribution < 1.29 is 18.5 Å². The van der Waals surface area contributed by atoms with E-state index in [1.807, 2.05) is 0 Å². The summed E-state index contributed by atoms with van der Waals surface area (Å²) in [5.74, 6) is 0.261. The highest BCUT2D eigenvalue weighted by atomic mass is 35.5. The maximum atomic E-state index is 12.9. The second-order valence-electron chi connectivity index (χ2n) is 10.7. The van der Waals surface area contributed by atoms with Crippen molar-refractivity contribution in [2.24, 2.45) is 0 Å². The number of hydrogen-bond acceptors (Lipinski definition) is 7. The van der Waals surface area contributed by atoms with Gasteiger partial charge in [0.15, 0.2) is 14.1 Å². The Hall–Kier alpha value is -2.23. The number of carbonyl (C=O) groups is 1. The van der Waals surface area contributed by atoms with Gasteiger partial charge in [-0.2, -0.15) is 0 Å². The zero-order valence-corrected chi connectivity index (χ0v) is 22.9. The Kier molecular flexibility index (Phi) is 6.41. The molecule has 1 aliphatic rings. The van der Waals surface area contributed by atoms with E-state index in [9.17, 15) is 4.79 Å². The van der Waals surface area contributed by atoms with E-state index in [1.54, 1.807) is 0 Å². The van der Waals surface area contributed by atoms with Crippen LogP contribution < -0.4 is 0 Å². The Bertz CT molecular complexity index is 1240. The van der Waals surface area contributed by atoms with E-state index in [-0.39, 0.29) is 17.0 Å². The summed E-state index contributed by atoms with van der Waals surface area (Å²) in [4.78, 5) is 21.7. The van der Waals surface area contributed by atoms with E-state index in [1.165, 1.54) is 13.4 Å². The summed E-state index contributed by atoms with van der Waals surface area (Å²) in [6.07, 6.45) is 3.36. The van der Waals surface area contributed by atoms with Gasteiger partial charge in [-0.25, -0.2) is 14.8 Å². The standard InChI is InChI=1S/C24H33ClN4O4Si/c1-13(2)29-15(11-32-34(7,8)24(3,4)5)16(17-21(25)26-12-27-22(17)29)19-18(23(30)31-6)20(33-28-19)14-9-10-14/h12-14H,9-11H2,1-8H3.